The Labute approximate surface area is 223 Å². The van der Waals surface area contributed by atoms with E-state index in [0.717, 1.165) is 17.0 Å². The van der Waals surface area contributed by atoms with Gasteiger partial charge in [-0.2, -0.15) is 5.26 Å². The average Bonchev–Trinajstić information content (AvgIpc) is 3.08. The molecule has 4 aliphatic rings. The summed E-state index contributed by atoms with van der Waals surface area (Å²) < 4.78 is 68.6. The number of rotatable bonds is 1. The zero-order chi connectivity index (χ0) is 28.1. The Kier molecular flexibility index (Phi) is 5.03. The lowest BCUT2D eigenvalue weighted by molar-refractivity contribution is -0.0196. The molecule has 3 aromatic rings. The van der Waals surface area contributed by atoms with Gasteiger partial charge in [0.2, 0.25) is 11.7 Å². The lowest BCUT2D eigenvalue weighted by Gasteiger charge is -2.51. The first-order valence-electron chi connectivity index (χ1n) is 12.4. The summed E-state index contributed by atoms with van der Waals surface area (Å²) in [5.74, 6) is -3.93. The van der Waals surface area contributed by atoms with Crippen LogP contribution < -0.4 is 15.3 Å². The third-order valence-electron chi connectivity index (χ3n) is 8.10. The zero-order valence-electron chi connectivity index (χ0n) is 20.5. The summed E-state index contributed by atoms with van der Waals surface area (Å²) in [5, 5.41) is 21.9. The fourth-order valence-electron chi connectivity index (χ4n) is 6.30. The van der Waals surface area contributed by atoms with Crippen molar-refractivity contribution in [1.29, 1.82) is 5.26 Å². The molecule has 0 saturated carbocycles. The highest BCUT2D eigenvalue weighted by Crippen LogP contribution is 2.54. The number of aromatic hydroxyl groups is 1. The second-order valence-corrected chi connectivity index (χ2v) is 10.0. The lowest BCUT2D eigenvalue weighted by Crippen LogP contribution is -2.66. The first kappa shape index (κ1) is 24.5. The number of alkyl halides is 2. The normalized spacial score (nSPS) is 26.4. The van der Waals surface area contributed by atoms with Gasteiger partial charge in [0.1, 0.15) is 18.3 Å². The monoisotopic (exact) mass is 553 g/mol. The predicted octanol–water partition coefficient (Wildman–Crippen LogP) is 2.69. The number of aromatic nitrogens is 1. The van der Waals surface area contributed by atoms with Crippen LogP contribution in [0.15, 0.2) is 47.4 Å². The maximum Gasteiger partial charge on any atom is 0.278 e. The first-order chi connectivity index (χ1) is 19.2. The number of nitriles is 1. The second-order valence-electron chi connectivity index (χ2n) is 10.0. The number of carbonyl (C=O) groups is 1. The van der Waals surface area contributed by atoms with E-state index >= 15 is 13.2 Å². The van der Waals surface area contributed by atoms with Crippen molar-refractivity contribution in [3.63, 3.8) is 0 Å². The van der Waals surface area contributed by atoms with E-state index in [-0.39, 0.29) is 53.4 Å². The van der Waals surface area contributed by atoms with Gasteiger partial charge in [0.15, 0.2) is 23.1 Å². The molecule has 1 fully saturated rings. The van der Waals surface area contributed by atoms with Crippen molar-refractivity contribution in [2.75, 3.05) is 29.7 Å². The average molecular weight is 553 g/mol. The molecule has 4 aliphatic heterocycles. The van der Waals surface area contributed by atoms with E-state index < -0.39 is 59.4 Å². The van der Waals surface area contributed by atoms with Crippen molar-refractivity contribution in [2.45, 2.75) is 30.7 Å². The van der Waals surface area contributed by atoms with Crippen molar-refractivity contribution in [2.24, 2.45) is 0 Å². The van der Waals surface area contributed by atoms with E-state index in [0.29, 0.717) is 0 Å². The number of anilines is 1. The van der Waals surface area contributed by atoms with Gasteiger partial charge < -0.3 is 19.6 Å². The summed E-state index contributed by atoms with van der Waals surface area (Å²) in [7, 11) is 0. The van der Waals surface area contributed by atoms with Crippen molar-refractivity contribution in [3.8, 4) is 11.8 Å². The van der Waals surface area contributed by atoms with Gasteiger partial charge in [-0.3, -0.25) is 19.3 Å². The van der Waals surface area contributed by atoms with Gasteiger partial charge in [0.25, 0.3) is 11.6 Å². The number of halogens is 4. The maximum atomic E-state index is 15.9. The summed E-state index contributed by atoms with van der Waals surface area (Å²) in [6.45, 7) is -0.371. The van der Waals surface area contributed by atoms with E-state index in [1.807, 2.05) is 0 Å². The number of carbonyl (C=O) groups excluding carboxylic acids is 1. The highest BCUT2D eigenvalue weighted by molar-refractivity contribution is 5.96. The number of morpholine rings is 1. The van der Waals surface area contributed by atoms with Crippen LogP contribution in [0.4, 0.5) is 23.2 Å². The molecule has 0 aliphatic carbocycles. The Morgan fingerprint density at radius 1 is 1.10 bits per heavy atom. The number of nitrogens with zero attached hydrogens (tertiary/aromatic N) is 5. The number of para-hydroxylation sites is 1. The van der Waals surface area contributed by atoms with Crippen LogP contribution in [0.25, 0.3) is 0 Å². The number of fused-ring (bicyclic) bond motifs is 3. The number of pyridine rings is 1. The van der Waals surface area contributed by atoms with Gasteiger partial charge in [0.05, 0.1) is 18.9 Å². The van der Waals surface area contributed by atoms with E-state index in [4.69, 9.17) is 4.74 Å². The Hall–Kier alpha value is -4.57. The third-order valence-corrected chi connectivity index (χ3v) is 8.10. The van der Waals surface area contributed by atoms with Crippen LogP contribution in [0.3, 0.4) is 0 Å². The number of hydrogen-bond donors (Lipinski definition) is 1. The lowest BCUT2D eigenvalue weighted by atomic mass is 9.89. The summed E-state index contributed by atoms with van der Waals surface area (Å²) in [6, 6.07) is 7.80. The third kappa shape index (κ3) is 2.94. The molecule has 4 atom stereocenters. The van der Waals surface area contributed by atoms with E-state index in [1.165, 1.54) is 40.0 Å². The minimum Gasteiger partial charge on any atom is -0.502 e. The number of amides is 1. The number of benzene rings is 2. The molecule has 0 spiro atoms. The smallest absolute Gasteiger partial charge is 0.278 e. The molecular weight excluding hydrogens is 534 g/mol. The van der Waals surface area contributed by atoms with Gasteiger partial charge in [-0.15, -0.1) is 0 Å². The minimum atomic E-state index is -3.09. The maximum absolute atomic E-state index is 15.9. The first-order valence-corrected chi connectivity index (χ1v) is 12.4. The molecule has 0 radical (unpaired) electrons. The molecule has 1 aromatic heterocycles. The fraction of sp³-hybridized carbons (Fsp3) is 0.296. The highest BCUT2D eigenvalue weighted by Gasteiger charge is 2.57. The minimum absolute atomic E-state index is 0.00736. The summed E-state index contributed by atoms with van der Waals surface area (Å²) >= 11 is 0. The molecule has 40 heavy (non-hydrogen) atoms. The SMILES string of the molecule is N#CC1(F)c2cccc3c2N(Cc2c(ccc(F)c2F)[C@@H]3N2[C@@H]3COCCN3C(=O)c3c(O)c(=O)ccn32)C1F. The molecule has 1 amide bonds. The second kappa shape index (κ2) is 8.22. The molecule has 0 bridgehead atoms. The van der Waals surface area contributed by atoms with Crippen molar-refractivity contribution < 1.29 is 32.2 Å². The van der Waals surface area contributed by atoms with Crippen LogP contribution in [0.5, 0.6) is 5.75 Å². The molecule has 7 rings (SSSR count). The van der Waals surface area contributed by atoms with Crippen LogP contribution in [-0.4, -0.2) is 52.8 Å². The Morgan fingerprint density at radius 2 is 1.90 bits per heavy atom. The molecule has 2 unspecified atom stereocenters. The topological polar surface area (TPSA) is 102 Å². The molecule has 2 aromatic carbocycles. The molecule has 5 heterocycles. The van der Waals surface area contributed by atoms with Gasteiger partial charge in [0, 0.05) is 42.0 Å². The molecular formula is C27H19F4N5O4. The summed E-state index contributed by atoms with van der Waals surface area (Å²) in [6.07, 6.45) is -2.13. The van der Waals surface area contributed by atoms with Crippen LogP contribution in [0.1, 0.15) is 38.8 Å². The summed E-state index contributed by atoms with van der Waals surface area (Å²) in [5.41, 5.74) is -4.38. The van der Waals surface area contributed by atoms with E-state index in [1.54, 1.807) is 11.1 Å². The standard InChI is InChI=1S/C27H19F4N5O4/c28-17-5-4-13-15(20(17)29)10-34-22-14(2-1-3-16(22)27(31,12-32)26(34)30)21(13)36-19-11-40-9-8-33(19)25(39)23-24(38)18(37)6-7-35(23)36/h1-7,19,21,26,38H,8-11H2/t19-,21+,26?,27?/m1/s1. The number of ether oxygens (including phenoxy) is 1. The molecule has 9 nitrogen and oxygen atoms in total. The fourth-order valence-corrected chi connectivity index (χ4v) is 6.30. The van der Waals surface area contributed by atoms with Crippen LogP contribution in [0.2, 0.25) is 0 Å². The zero-order valence-corrected chi connectivity index (χ0v) is 20.5. The van der Waals surface area contributed by atoms with Gasteiger partial charge in [-0.25, -0.2) is 17.6 Å². The molecule has 13 heteroatoms. The Balaban J connectivity index is 1.58. The largest absolute Gasteiger partial charge is 0.502 e. The van der Waals surface area contributed by atoms with Gasteiger partial charge in [-0.05, 0) is 11.6 Å². The van der Waals surface area contributed by atoms with Gasteiger partial charge >= 0.3 is 0 Å². The van der Waals surface area contributed by atoms with E-state index in [9.17, 15) is 24.3 Å². The van der Waals surface area contributed by atoms with E-state index in [2.05, 4.69) is 0 Å². The molecule has 204 valence electrons. The van der Waals surface area contributed by atoms with Crippen LogP contribution >= 0.6 is 0 Å². The predicted molar refractivity (Wildman–Crippen MR) is 130 cm³/mol. The molecule has 1 saturated heterocycles. The van der Waals surface area contributed by atoms with Crippen molar-refractivity contribution in [1.82, 2.24) is 9.58 Å². The Morgan fingerprint density at radius 3 is 2.67 bits per heavy atom. The highest BCUT2D eigenvalue weighted by atomic mass is 19.2. The quantitative estimate of drug-likeness (QED) is 0.365. The van der Waals surface area contributed by atoms with Gasteiger partial charge in [-0.1, -0.05) is 24.3 Å². The van der Waals surface area contributed by atoms with Crippen LogP contribution in [-0.2, 0) is 17.0 Å². The molecule has 1 N–H and O–H groups in total. The van der Waals surface area contributed by atoms with Crippen molar-refractivity contribution in [3.05, 3.63) is 92.4 Å². The number of hydrogen-bond acceptors (Lipinski definition) is 7. The van der Waals surface area contributed by atoms with Crippen LogP contribution in [0, 0.1) is 23.0 Å². The summed E-state index contributed by atoms with van der Waals surface area (Å²) in [4.78, 5) is 28.1. The Bertz CT molecular complexity index is 1720. The van der Waals surface area contributed by atoms with Crippen molar-refractivity contribution >= 4 is 11.6 Å².